The number of fused-ring (bicyclic) bond motifs is 1. The third-order valence-corrected chi connectivity index (χ3v) is 5.21. The normalized spacial score (nSPS) is 12.4. The lowest BCUT2D eigenvalue weighted by atomic mass is 10.2. The van der Waals surface area contributed by atoms with Crippen molar-refractivity contribution in [2.24, 2.45) is 7.05 Å². The number of amides is 1. The predicted molar refractivity (Wildman–Crippen MR) is 104 cm³/mol. The van der Waals surface area contributed by atoms with E-state index in [1.807, 2.05) is 59.4 Å². The van der Waals surface area contributed by atoms with Crippen molar-refractivity contribution in [1.29, 1.82) is 0 Å². The van der Waals surface area contributed by atoms with Gasteiger partial charge >= 0.3 is 0 Å². The monoisotopic (exact) mass is 381 g/mol. The van der Waals surface area contributed by atoms with Crippen LogP contribution in [0.5, 0.6) is 0 Å². The molecule has 1 atom stereocenters. The zero-order valence-electron chi connectivity index (χ0n) is 15.0. The summed E-state index contributed by atoms with van der Waals surface area (Å²) < 4.78 is 8.84. The van der Waals surface area contributed by atoms with Gasteiger partial charge in [-0.1, -0.05) is 30.3 Å². The van der Waals surface area contributed by atoms with E-state index in [2.05, 4.69) is 15.4 Å². The number of hydrogen-bond acceptors (Lipinski definition) is 5. The predicted octanol–water partition coefficient (Wildman–Crippen LogP) is 2.91. The molecule has 0 saturated carbocycles. The van der Waals surface area contributed by atoms with E-state index in [1.165, 1.54) is 11.3 Å². The summed E-state index contributed by atoms with van der Waals surface area (Å²) in [7, 11) is 3.45. The first-order valence-corrected chi connectivity index (χ1v) is 9.35. The van der Waals surface area contributed by atoms with Crippen LogP contribution in [0.15, 0.2) is 54.2 Å². The number of nitrogens with one attached hydrogen (secondary N) is 1. The van der Waals surface area contributed by atoms with E-state index >= 15 is 0 Å². The van der Waals surface area contributed by atoms with E-state index in [9.17, 15) is 4.79 Å². The van der Waals surface area contributed by atoms with Crippen molar-refractivity contribution in [2.45, 2.75) is 6.04 Å². The van der Waals surface area contributed by atoms with Crippen LogP contribution in [0.3, 0.4) is 0 Å². The van der Waals surface area contributed by atoms with Gasteiger partial charge in [0.05, 0.1) is 24.0 Å². The first-order valence-electron chi connectivity index (χ1n) is 8.47. The summed E-state index contributed by atoms with van der Waals surface area (Å²) in [6, 6.07) is 11.5. The number of nitrogens with zero attached hydrogens (tertiary/aromatic N) is 4. The number of imidazole rings is 1. The van der Waals surface area contributed by atoms with E-state index in [0.29, 0.717) is 12.3 Å². The molecule has 8 heteroatoms. The number of thiazole rings is 1. The lowest BCUT2D eigenvalue weighted by molar-refractivity contribution is 0.0886. The Kier molecular flexibility index (Phi) is 4.74. The van der Waals surface area contributed by atoms with Gasteiger partial charge in [0.15, 0.2) is 4.96 Å². The van der Waals surface area contributed by atoms with Gasteiger partial charge in [-0.2, -0.15) is 5.10 Å². The smallest absolute Gasteiger partial charge is 0.269 e. The van der Waals surface area contributed by atoms with Gasteiger partial charge in [0.25, 0.3) is 5.91 Å². The van der Waals surface area contributed by atoms with Crippen molar-refractivity contribution in [3.05, 3.63) is 65.6 Å². The minimum Gasteiger partial charge on any atom is -0.382 e. The highest BCUT2D eigenvalue weighted by molar-refractivity contribution is 7.15. The van der Waals surface area contributed by atoms with Gasteiger partial charge in [-0.15, -0.1) is 11.3 Å². The molecule has 3 aromatic heterocycles. The number of carbonyl (C=O) groups is 1. The summed E-state index contributed by atoms with van der Waals surface area (Å²) in [5.74, 6) is -0.179. The zero-order chi connectivity index (χ0) is 18.8. The highest BCUT2D eigenvalue weighted by Crippen LogP contribution is 2.24. The number of rotatable bonds is 6. The molecule has 1 amide bonds. The Morgan fingerprint density at radius 2 is 2.11 bits per heavy atom. The summed E-state index contributed by atoms with van der Waals surface area (Å²) in [5.41, 5.74) is 3.30. The second-order valence-electron chi connectivity index (χ2n) is 6.13. The van der Waals surface area contributed by atoms with Gasteiger partial charge in [-0.25, -0.2) is 4.98 Å². The van der Waals surface area contributed by atoms with Crippen LogP contribution < -0.4 is 5.32 Å². The molecule has 7 nitrogen and oxygen atoms in total. The Balaban J connectivity index is 1.62. The van der Waals surface area contributed by atoms with Crippen LogP contribution in [0, 0.1) is 0 Å². The molecule has 0 saturated heterocycles. The van der Waals surface area contributed by atoms with Gasteiger partial charge in [0.1, 0.15) is 5.69 Å². The molecular formula is C19H19N5O2S. The van der Waals surface area contributed by atoms with Gasteiger partial charge in [-0.3, -0.25) is 13.9 Å². The first kappa shape index (κ1) is 17.4. The first-order chi connectivity index (χ1) is 13.2. The second kappa shape index (κ2) is 7.34. The molecule has 3 heterocycles. The van der Waals surface area contributed by atoms with Gasteiger partial charge in [0, 0.05) is 37.5 Å². The molecule has 0 bridgehead atoms. The average molecular weight is 381 g/mol. The second-order valence-corrected chi connectivity index (χ2v) is 6.96. The molecule has 1 N–H and O–H groups in total. The Bertz CT molecular complexity index is 1070. The van der Waals surface area contributed by atoms with Gasteiger partial charge in [-0.05, 0) is 6.07 Å². The highest BCUT2D eigenvalue weighted by atomic mass is 32.1. The van der Waals surface area contributed by atoms with Gasteiger partial charge < -0.3 is 10.1 Å². The summed E-state index contributed by atoms with van der Waals surface area (Å²) >= 11 is 1.44. The summed E-state index contributed by atoms with van der Waals surface area (Å²) in [6.45, 7) is 0.359. The van der Waals surface area contributed by atoms with Crippen molar-refractivity contribution < 1.29 is 9.53 Å². The summed E-state index contributed by atoms with van der Waals surface area (Å²) in [6.07, 6.45) is 3.60. The molecule has 1 aromatic carbocycles. The molecule has 0 aliphatic heterocycles. The van der Waals surface area contributed by atoms with E-state index < -0.39 is 0 Å². The maximum absolute atomic E-state index is 12.9. The van der Waals surface area contributed by atoms with Crippen molar-refractivity contribution in [3.8, 4) is 11.3 Å². The third kappa shape index (κ3) is 3.36. The Morgan fingerprint density at radius 3 is 2.81 bits per heavy atom. The number of carbonyl (C=O) groups excluding carboxylic acids is 1. The Labute approximate surface area is 160 Å². The standard InChI is InChI=1S/C19H19N5O2S/c1-23-16(8-9-20-23)15(11-26-2)21-18(25)17-12-27-19-22-14(10-24(17)19)13-6-4-3-5-7-13/h3-10,12,15H,11H2,1-2H3,(H,21,25)/t15-/m1/s1. The molecule has 0 radical (unpaired) electrons. The van der Waals surface area contributed by atoms with Crippen LogP contribution in [0.4, 0.5) is 0 Å². The minimum absolute atomic E-state index is 0.179. The highest BCUT2D eigenvalue weighted by Gasteiger charge is 2.21. The Morgan fingerprint density at radius 1 is 1.30 bits per heavy atom. The van der Waals surface area contributed by atoms with Crippen LogP contribution >= 0.6 is 11.3 Å². The number of benzene rings is 1. The molecule has 138 valence electrons. The van der Waals surface area contributed by atoms with Crippen LogP contribution in [0.25, 0.3) is 16.2 Å². The van der Waals surface area contributed by atoms with Crippen molar-refractivity contribution in [3.63, 3.8) is 0 Å². The number of methoxy groups -OCH3 is 1. The van der Waals surface area contributed by atoms with Crippen LogP contribution in [-0.2, 0) is 11.8 Å². The number of hydrogen-bond donors (Lipinski definition) is 1. The molecule has 4 rings (SSSR count). The fraction of sp³-hybridized carbons (Fsp3) is 0.211. The topological polar surface area (TPSA) is 73.4 Å². The molecule has 0 spiro atoms. The van der Waals surface area contributed by atoms with Crippen LogP contribution in [0.1, 0.15) is 22.2 Å². The number of aromatic nitrogens is 4. The lowest BCUT2D eigenvalue weighted by Gasteiger charge is -2.18. The zero-order valence-corrected chi connectivity index (χ0v) is 15.8. The fourth-order valence-electron chi connectivity index (χ4n) is 3.02. The minimum atomic E-state index is -0.290. The molecule has 0 fully saturated rings. The largest absolute Gasteiger partial charge is 0.382 e. The van der Waals surface area contributed by atoms with E-state index in [-0.39, 0.29) is 11.9 Å². The van der Waals surface area contributed by atoms with E-state index in [4.69, 9.17) is 4.74 Å². The summed E-state index contributed by atoms with van der Waals surface area (Å²) in [4.78, 5) is 18.3. The Hall–Kier alpha value is -2.97. The third-order valence-electron chi connectivity index (χ3n) is 4.37. The maximum Gasteiger partial charge on any atom is 0.269 e. The summed E-state index contributed by atoms with van der Waals surface area (Å²) in [5, 5.41) is 9.03. The number of ether oxygens (including phenoxy) is 1. The quantitative estimate of drug-likeness (QED) is 0.557. The fourth-order valence-corrected chi connectivity index (χ4v) is 3.87. The molecule has 0 unspecified atom stereocenters. The van der Waals surface area contributed by atoms with Crippen LogP contribution in [0.2, 0.25) is 0 Å². The average Bonchev–Trinajstić information content (AvgIpc) is 3.37. The lowest BCUT2D eigenvalue weighted by Crippen LogP contribution is -2.33. The molecule has 4 aromatic rings. The van der Waals surface area contributed by atoms with Crippen molar-refractivity contribution >= 4 is 22.2 Å². The van der Waals surface area contributed by atoms with Crippen molar-refractivity contribution in [2.75, 3.05) is 13.7 Å². The van der Waals surface area contributed by atoms with Crippen LogP contribution in [-0.4, -0.2) is 38.8 Å². The SMILES string of the molecule is COC[C@@H](NC(=O)c1csc2nc(-c3ccccc3)cn12)c1ccnn1C. The molecule has 0 aliphatic carbocycles. The van der Waals surface area contributed by atoms with E-state index in [1.54, 1.807) is 18.0 Å². The van der Waals surface area contributed by atoms with Crippen molar-refractivity contribution in [1.82, 2.24) is 24.5 Å². The molecule has 0 aliphatic rings. The molecule has 27 heavy (non-hydrogen) atoms. The molecular weight excluding hydrogens is 362 g/mol. The van der Waals surface area contributed by atoms with Gasteiger partial charge in [0.2, 0.25) is 0 Å². The number of aryl methyl sites for hydroxylation is 1. The maximum atomic E-state index is 12.9. The van der Waals surface area contributed by atoms with E-state index in [0.717, 1.165) is 21.9 Å².